The fraction of sp³-hybridized carbons (Fsp3) is 0.400. The van der Waals surface area contributed by atoms with Gasteiger partial charge in [-0.05, 0) is 43.0 Å². The van der Waals surface area contributed by atoms with E-state index in [2.05, 4.69) is 31.5 Å². The topological polar surface area (TPSA) is 42.2 Å². The summed E-state index contributed by atoms with van der Waals surface area (Å²) < 4.78 is 2.12. The van der Waals surface area contributed by atoms with Gasteiger partial charge in [-0.3, -0.25) is 0 Å². The largest absolute Gasteiger partial charge is 0.478 e. The van der Waals surface area contributed by atoms with Gasteiger partial charge in [0.1, 0.15) is 0 Å². The van der Waals surface area contributed by atoms with E-state index in [0.29, 0.717) is 11.5 Å². The molecule has 1 N–H and O–H groups in total. The lowest BCUT2D eigenvalue weighted by Crippen LogP contribution is -2.00. The third-order valence-electron chi connectivity index (χ3n) is 3.45. The molecule has 18 heavy (non-hydrogen) atoms. The summed E-state index contributed by atoms with van der Waals surface area (Å²) in [4.78, 5) is 11.2. The molecule has 0 saturated heterocycles. The Morgan fingerprint density at radius 3 is 2.56 bits per heavy atom. The number of carboxylic acid groups (broad SMARTS) is 1. The van der Waals surface area contributed by atoms with Crippen LogP contribution in [0.1, 0.15) is 48.2 Å². The van der Waals surface area contributed by atoms with Gasteiger partial charge >= 0.3 is 5.97 Å². The van der Waals surface area contributed by atoms with Crippen molar-refractivity contribution in [2.75, 3.05) is 0 Å². The van der Waals surface area contributed by atoms with Gasteiger partial charge in [0.15, 0.2) is 0 Å². The van der Waals surface area contributed by atoms with E-state index in [1.807, 2.05) is 13.0 Å². The molecule has 0 spiro atoms. The van der Waals surface area contributed by atoms with E-state index in [0.717, 1.165) is 17.6 Å². The van der Waals surface area contributed by atoms with Gasteiger partial charge in [0.25, 0.3) is 0 Å². The van der Waals surface area contributed by atoms with E-state index in [1.54, 1.807) is 6.07 Å². The van der Waals surface area contributed by atoms with E-state index in [1.165, 1.54) is 10.9 Å². The third kappa shape index (κ3) is 1.90. The van der Waals surface area contributed by atoms with Crippen LogP contribution < -0.4 is 0 Å². The number of fused-ring (bicyclic) bond motifs is 1. The quantitative estimate of drug-likeness (QED) is 0.893. The van der Waals surface area contributed by atoms with Crippen LogP contribution in [-0.2, 0) is 6.54 Å². The van der Waals surface area contributed by atoms with Gasteiger partial charge in [0, 0.05) is 23.6 Å². The number of hydrogen-bond acceptors (Lipinski definition) is 1. The monoisotopic (exact) mass is 245 g/mol. The summed E-state index contributed by atoms with van der Waals surface area (Å²) in [6, 6.07) is 3.79. The molecule has 1 aromatic heterocycles. The molecule has 3 heteroatoms. The van der Waals surface area contributed by atoms with Crippen molar-refractivity contribution in [3.8, 4) is 0 Å². The molecule has 0 aliphatic rings. The first-order valence-electron chi connectivity index (χ1n) is 6.32. The number of hydrogen-bond donors (Lipinski definition) is 1. The van der Waals surface area contributed by atoms with Crippen LogP contribution in [0.3, 0.4) is 0 Å². The fourth-order valence-electron chi connectivity index (χ4n) is 2.42. The zero-order chi connectivity index (χ0) is 13.4. The van der Waals surface area contributed by atoms with E-state index < -0.39 is 5.97 Å². The first kappa shape index (κ1) is 12.7. The average molecular weight is 245 g/mol. The molecule has 1 heterocycles. The lowest BCUT2D eigenvalue weighted by atomic mass is 9.99. The molecule has 0 bridgehead atoms. The summed E-state index contributed by atoms with van der Waals surface area (Å²) in [6.07, 6.45) is 2.14. The van der Waals surface area contributed by atoms with Crippen LogP contribution in [0, 0.1) is 6.92 Å². The molecule has 0 atom stereocenters. The van der Waals surface area contributed by atoms with Crippen LogP contribution >= 0.6 is 0 Å². The first-order valence-corrected chi connectivity index (χ1v) is 6.32. The smallest absolute Gasteiger partial charge is 0.336 e. The van der Waals surface area contributed by atoms with Crippen molar-refractivity contribution >= 4 is 16.9 Å². The maximum absolute atomic E-state index is 11.2. The molecular weight excluding hydrogens is 226 g/mol. The van der Waals surface area contributed by atoms with Crippen molar-refractivity contribution in [3.63, 3.8) is 0 Å². The van der Waals surface area contributed by atoms with Crippen LogP contribution in [0.25, 0.3) is 10.9 Å². The summed E-state index contributed by atoms with van der Waals surface area (Å²) in [7, 11) is 0. The Morgan fingerprint density at radius 1 is 1.39 bits per heavy atom. The van der Waals surface area contributed by atoms with Crippen molar-refractivity contribution < 1.29 is 9.90 Å². The lowest BCUT2D eigenvalue weighted by Gasteiger charge is -2.06. The molecule has 0 radical (unpaired) electrons. The Morgan fingerprint density at radius 2 is 2.06 bits per heavy atom. The van der Waals surface area contributed by atoms with Crippen LogP contribution in [0.15, 0.2) is 18.3 Å². The van der Waals surface area contributed by atoms with Gasteiger partial charge < -0.3 is 9.67 Å². The van der Waals surface area contributed by atoms with Gasteiger partial charge in [0.05, 0.1) is 5.56 Å². The Labute approximate surface area is 107 Å². The number of carboxylic acids is 1. The summed E-state index contributed by atoms with van der Waals surface area (Å²) in [5, 5.41) is 10.4. The zero-order valence-corrected chi connectivity index (χ0v) is 11.3. The molecule has 2 aromatic rings. The molecule has 0 amide bonds. The fourth-order valence-corrected chi connectivity index (χ4v) is 2.42. The number of aromatic nitrogens is 1. The minimum absolute atomic E-state index is 0.394. The van der Waals surface area contributed by atoms with Gasteiger partial charge in [-0.25, -0.2) is 4.79 Å². The standard InChI is InChI=1S/C15H19NO2/c1-5-16-8-13(9(2)3)12-6-10(4)11(15(17)18)7-14(12)16/h6-9H,5H2,1-4H3,(H,17,18). The third-order valence-corrected chi connectivity index (χ3v) is 3.45. The highest BCUT2D eigenvalue weighted by molar-refractivity contribution is 5.96. The summed E-state index contributed by atoms with van der Waals surface area (Å²) >= 11 is 0. The number of carbonyl (C=O) groups is 1. The highest BCUT2D eigenvalue weighted by atomic mass is 16.4. The molecule has 3 nitrogen and oxygen atoms in total. The van der Waals surface area contributed by atoms with Crippen molar-refractivity contribution in [1.82, 2.24) is 4.57 Å². The SMILES string of the molecule is CCn1cc(C(C)C)c2cc(C)c(C(=O)O)cc21. The minimum atomic E-state index is -0.857. The molecule has 0 unspecified atom stereocenters. The highest BCUT2D eigenvalue weighted by Crippen LogP contribution is 2.30. The highest BCUT2D eigenvalue weighted by Gasteiger charge is 2.15. The van der Waals surface area contributed by atoms with Gasteiger partial charge in [-0.15, -0.1) is 0 Å². The molecule has 96 valence electrons. The Bertz CT molecular complexity index is 608. The maximum Gasteiger partial charge on any atom is 0.336 e. The van der Waals surface area contributed by atoms with Crippen LogP contribution in [0.2, 0.25) is 0 Å². The lowest BCUT2D eigenvalue weighted by molar-refractivity contribution is 0.0696. The number of benzene rings is 1. The van der Waals surface area contributed by atoms with Crippen molar-refractivity contribution in [3.05, 3.63) is 35.0 Å². The molecule has 2 rings (SSSR count). The average Bonchev–Trinajstić information content (AvgIpc) is 2.65. The van der Waals surface area contributed by atoms with Crippen LogP contribution in [0.4, 0.5) is 0 Å². The summed E-state index contributed by atoms with van der Waals surface area (Å²) in [5.74, 6) is -0.417. The summed E-state index contributed by atoms with van der Waals surface area (Å²) in [6.45, 7) is 9.11. The molecule has 0 fully saturated rings. The number of aryl methyl sites for hydroxylation is 2. The predicted molar refractivity (Wildman–Crippen MR) is 73.4 cm³/mol. The van der Waals surface area contributed by atoms with Crippen LogP contribution in [0.5, 0.6) is 0 Å². The maximum atomic E-state index is 11.2. The normalized spacial score (nSPS) is 11.4. The minimum Gasteiger partial charge on any atom is -0.478 e. The van der Waals surface area contributed by atoms with E-state index in [4.69, 9.17) is 0 Å². The summed E-state index contributed by atoms with van der Waals surface area (Å²) in [5.41, 5.74) is 3.52. The van der Waals surface area contributed by atoms with Crippen molar-refractivity contribution in [2.45, 2.75) is 40.2 Å². The van der Waals surface area contributed by atoms with Crippen molar-refractivity contribution in [2.24, 2.45) is 0 Å². The Kier molecular flexibility index (Phi) is 3.16. The van der Waals surface area contributed by atoms with E-state index in [-0.39, 0.29) is 0 Å². The van der Waals surface area contributed by atoms with Gasteiger partial charge in [0.2, 0.25) is 0 Å². The van der Waals surface area contributed by atoms with Gasteiger partial charge in [-0.2, -0.15) is 0 Å². The second-order valence-corrected chi connectivity index (χ2v) is 5.01. The van der Waals surface area contributed by atoms with Crippen molar-refractivity contribution in [1.29, 1.82) is 0 Å². The first-order chi connectivity index (χ1) is 8.45. The second kappa shape index (κ2) is 4.48. The zero-order valence-electron chi connectivity index (χ0n) is 11.3. The number of aromatic carboxylic acids is 1. The Balaban J connectivity index is 2.80. The van der Waals surface area contributed by atoms with E-state index >= 15 is 0 Å². The molecule has 0 aliphatic heterocycles. The second-order valence-electron chi connectivity index (χ2n) is 5.01. The Hall–Kier alpha value is -1.77. The number of rotatable bonds is 3. The predicted octanol–water partition coefficient (Wildman–Crippen LogP) is 3.79. The molecular formula is C15H19NO2. The van der Waals surface area contributed by atoms with E-state index in [9.17, 15) is 9.90 Å². The molecule has 0 saturated carbocycles. The van der Waals surface area contributed by atoms with Gasteiger partial charge in [-0.1, -0.05) is 13.8 Å². The molecule has 0 aliphatic carbocycles. The number of nitrogens with zero attached hydrogens (tertiary/aromatic N) is 1. The molecule has 1 aromatic carbocycles. The van der Waals surface area contributed by atoms with Crippen LogP contribution in [-0.4, -0.2) is 15.6 Å².